The fourth-order valence-electron chi connectivity index (χ4n) is 1.75. The first-order chi connectivity index (χ1) is 7.72. The van der Waals surface area contributed by atoms with Gasteiger partial charge >= 0.3 is 0 Å². The van der Waals surface area contributed by atoms with Crippen LogP contribution in [0.25, 0.3) is 0 Å². The van der Waals surface area contributed by atoms with Crippen LogP contribution in [0.5, 0.6) is 0 Å². The number of nitrogens with zero attached hydrogens (tertiary/aromatic N) is 1. The molecule has 0 spiro atoms. The van der Waals surface area contributed by atoms with Gasteiger partial charge in [0.2, 0.25) is 0 Å². The molecule has 16 heavy (non-hydrogen) atoms. The summed E-state index contributed by atoms with van der Waals surface area (Å²) in [6.07, 6.45) is 6.93. The van der Waals surface area contributed by atoms with Crippen molar-refractivity contribution in [2.75, 3.05) is 6.54 Å². The van der Waals surface area contributed by atoms with E-state index in [1.165, 1.54) is 24.1 Å². The Morgan fingerprint density at radius 1 is 1.38 bits per heavy atom. The molecule has 0 fully saturated rings. The van der Waals surface area contributed by atoms with Crippen LogP contribution in [-0.4, -0.2) is 17.6 Å². The van der Waals surface area contributed by atoms with E-state index in [1.807, 2.05) is 11.7 Å². The lowest BCUT2D eigenvalue weighted by Gasteiger charge is -2.18. The number of hydrogen-bond acceptors (Lipinski definition) is 3. The van der Waals surface area contributed by atoms with Crippen LogP contribution in [-0.2, 0) is 6.42 Å². The van der Waals surface area contributed by atoms with E-state index in [0.717, 1.165) is 18.9 Å². The summed E-state index contributed by atoms with van der Waals surface area (Å²) in [6.45, 7) is 7.94. The summed E-state index contributed by atoms with van der Waals surface area (Å²) in [5.74, 6) is 0.799. The highest BCUT2D eigenvalue weighted by Crippen LogP contribution is 2.14. The summed E-state index contributed by atoms with van der Waals surface area (Å²) in [7, 11) is 0. The molecule has 0 amide bonds. The number of hydrogen-bond donors (Lipinski definition) is 1. The normalized spacial score (nSPS) is 13.2. The first-order valence-corrected chi connectivity index (χ1v) is 7.21. The fourth-order valence-corrected chi connectivity index (χ4v) is 2.42. The van der Waals surface area contributed by atoms with Crippen molar-refractivity contribution < 1.29 is 0 Å². The molecule has 0 aliphatic carbocycles. The minimum absolute atomic E-state index is 0.628. The summed E-state index contributed by atoms with van der Waals surface area (Å²) >= 11 is 1.77. The van der Waals surface area contributed by atoms with Crippen molar-refractivity contribution in [3.63, 3.8) is 0 Å². The first-order valence-electron chi connectivity index (χ1n) is 6.33. The Morgan fingerprint density at radius 3 is 2.75 bits per heavy atom. The van der Waals surface area contributed by atoms with Crippen molar-refractivity contribution in [1.29, 1.82) is 0 Å². The molecule has 1 aromatic heterocycles. The van der Waals surface area contributed by atoms with Crippen molar-refractivity contribution >= 4 is 11.3 Å². The monoisotopic (exact) mass is 240 g/mol. The molecule has 1 N–H and O–H groups in total. The highest BCUT2D eigenvalue weighted by atomic mass is 32.1. The quantitative estimate of drug-likeness (QED) is 0.752. The summed E-state index contributed by atoms with van der Waals surface area (Å²) in [5.41, 5.74) is 1.93. The molecular formula is C13H24N2S. The van der Waals surface area contributed by atoms with Crippen LogP contribution >= 0.6 is 11.3 Å². The third kappa shape index (κ3) is 5.61. The molecule has 1 aromatic rings. The maximum atomic E-state index is 4.14. The molecule has 0 saturated heterocycles. The van der Waals surface area contributed by atoms with E-state index < -0.39 is 0 Å². The smallest absolute Gasteiger partial charge is 0.0794 e. The van der Waals surface area contributed by atoms with Crippen molar-refractivity contribution in [1.82, 2.24) is 10.3 Å². The van der Waals surface area contributed by atoms with Crippen LogP contribution in [0.3, 0.4) is 0 Å². The number of thiazole rings is 1. The topological polar surface area (TPSA) is 24.9 Å². The third-order valence-electron chi connectivity index (χ3n) is 2.71. The SMILES string of the molecule is CCCNC(CCC(C)C)Cc1cncs1. The van der Waals surface area contributed by atoms with E-state index in [1.54, 1.807) is 11.3 Å². The third-order valence-corrected chi connectivity index (χ3v) is 3.51. The molecule has 0 aromatic carbocycles. The lowest BCUT2D eigenvalue weighted by Crippen LogP contribution is -2.31. The van der Waals surface area contributed by atoms with Gasteiger partial charge in [0.15, 0.2) is 0 Å². The minimum Gasteiger partial charge on any atom is -0.314 e. The van der Waals surface area contributed by atoms with Gasteiger partial charge in [-0.1, -0.05) is 20.8 Å². The first kappa shape index (κ1) is 13.7. The molecular weight excluding hydrogens is 216 g/mol. The minimum atomic E-state index is 0.628. The van der Waals surface area contributed by atoms with Crippen molar-refractivity contribution in [2.24, 2.45) is 5.92 Å². The molecule has 0 saturated carbocycles. The Kier molecular flexibility index (Phi) is 6.65. The lowest BCUT2D eigenvalue weighted by atomic mass is 10.0. The van der Waals surface area contributed by atoms with Gasteiger partial charge in [0.1, 0.15) is 0 Å². The van der Waals surface area contributed by atoms with E-state index in [4.69, 9.17) is 0 Å². The van der Waals surface area contributed by atoms with Gasteiger partial charge in [-0.3, -0.25) is 4.98 Å². The van der Waals surface area contributed by atoms with Gasteiger partial charge in [-0.05, 0) is 38.1 Å². The van der Waals surface area contributed by atoms with Crippen LogP contribution in [0.1, 0.15) is 44.9 Å². The van der Waals surface area contributed by atoms with Gasteiger partial charge in [0.25, 0.3) is 0 Å². The predicted molar refractivity (Wildman–Crippen MR) is 72.0 cm³/mol. The Hall–Kier alpha value is -0.410. The second-order valence-corrected chi connectivity index (χ2v) is 5.77. The van der Waals surface area contributed by atoms with Gasteiger partial charge in [-0.15, -0.1) is 11.3 Å². The summed E-state index contributed by atoms with van der Waals surface area (Å²) in [4.78, 5) is 5.54. The lowest BCUT2D eigenvalue weighted by molar-refractivity contribution is 0.429. The molecule has 2 nitrogen and oxygen atoms in total. The maximum Gasteiger partial charge on any atom is 0.0794 e. The molecule has 0 aliphatic heterocycles. The average Bonchev–Trinajstić information content (AvgIpc) is 2.74. The van der Waals surface area contributed by atoms with Crippen LogP contribution in [0.15, 0.2) is 11.7 Å². The molecule has 1 unspecified atom stereocenters. The maximum absolute atomic E-state index is 4.14. The van der Waals surface area contributed by atoms with E-state index in [9.17, 15) is 0 Å². The molecule has 0 radical (unpaired) electrons. The Balaban J connectivity index is 2.36. The number of aromatic nitrogens is 1. The molecule has 3 heteroatoms. The van der Waals surface area contributed by atoms with Crippen molar-refractivity contribution in [2.45, 2.75) is 52.5 Å². The van der Waals surface area contributed by atoms with E-state index in [0.29, 0.717) is 6.04 Å². The predicted octanol–water partition coefficient (Wildman–Crippen LogP) is 3.49. The van der Waals surface area contributed by atoms with E-state index >= 15 is 0 Å². The van der Waals surface area contributed by atoms with E-state index in [-0.39, 0.29) is 0 Å². The van der Waals surface area contributed by atoms with Crippen molar-refractivity contribution in [3.05, 3.63) is 16.6 Å². The van der Waals surface area contributed by atoms with Crippen molar-refractivity contribution in [3.8, 4) is 0 Å². The van der Waals surface area contributed by atoms with Gasteiger partial charge < -0.3 is 5.32 Å². The van der Waals surface area contributed by atoms with Gasteiger partial charge in [0, 0.05) is 17.1 Å². The molecule has 0 bridgehead atoms. The Labute approximate surface area is 103 Å². The van der Waals surface area contributed by atoms with Crippen LogP contribution in [0.4, 0.5) is 0 Å². The largest absolute Gasteiger partial charge is 0.314 e. The number of nitrogens with one attached hydrogen (secondary N) is 1. The second kappa shape index (κ2) is 7.80. The second-order valence-electron chi connectivity index (χ2n) is 4.79. The van der Waals surface area contributed by atoms with E-state index in [2.05, 4.69) is 31.1 Å². The zero-order valence-electron chi connectivity index (χ0n) is 10.7. The van der Waals surface area contributed by atoms with Crippen LogP contribution in [0.2, 0.25) is 0 Å². The molecule has 92 valence electrons. The van der Waals surface area contributed by atoms with Crippen LogP contribution in [0, 0.1) is 5.92 Å². The highest BCUT2D eigenvalue weighted by Gasteiger charge is 2.10. The fraction of sp³-hybridized carbons (Fsp3) is 0.769. The summed E-state index contributed by atoms with van der Waals surface area (Å²) in [5, 5.41) is 3.64. The standard InChI is InChI=1S/C13H24N2S/c1-4-7-15-12(6-5-11(2)3)8-13-9-14-10-16-13/h9-12,15H,4-8H2,1-3H3. The molecule has 1 rings (SSSR count). The Bertz CT molecular complexity index is 257. The average molecular weight is 240 g/mol. The summed E-state index contributed by atoms with van der Waals surface area (Å²) in [6, 6.07) is 0.628. The summed E-state index contributed by atoms with van der Waals surface area (Å²) < 4.78 is 0. The van der Waals surface area contributed by atoms with Gasteiger partial charge in [-0.25, -0.2) is 0 Å². The molecule has 1 atom stereocenters. The zero-order valence-corrected chi connectivity index (χ0v) is 11.5. The number of rotatable bonds is 8. The van der Waals surface area contributed by atoms with Gasteiger partial charge in [0.05, 0.1) is 5.51 Å². The highest BCUT2D eigenvalue weighted by molar-refractivity contribution is 7.09. The van der Waals surface area contributed by atoms with Gasteiger partial charge in [-0.2, -0.15) is 0 Å². The molecule has 1 heterocycles. The zero-order chi connectivity index (χ0) is 11.8. The Morgan fingerprint density at radius 2 is 2.19 bits per heavy atom. The van der Waals surface area contributed by atoms with Crippen LogP contribution < -0.4 is 5.32 Å². The molecule has 0 aliphatic rings.